The highest BCUT2D eigenvalue weighted by Crippen LogP contribution is 2.21. The Bertz CT molecular complexity index is 1020. The van der Waals surface area contributed by atoms with Gasteiger partial charge in [-0.2, -0.15) is 0 Å². The third kappa shape index (κ3) is 6.77. The van der Waals surface area contributed by atoms with Crippen LogP contribution in [0.3, 0.4) is 0 Å². The van der Waals surface area contributed by atoms with E-state index in [4.69, 9.17) is 10.5 Å². The Balaban J connectivity index is 1.54. The average Bonchev–Trinajstić information content (AvgIpc) is 3.38. The van der Waals surface area contributed by atoms with Gasteiger partial charge in [0.25, 0.3) is 11.8 Å². The van der Waals surface area contributed by atoms with Crippen molar-refractivity contribution in [3.8, 4) is 5.75 Å². The van der Waals surface area contributed by atoms with Crippen LogP contribution in [0, 0.1) is 11.7 Å². The molecular weight excluding hydrogens is 439 g/mol. The van der Waals surface area contributed by atoms with Crippen LogP contribution >= 0.6 is 0 Å². The van der Waals surface area contributed by atoms with Gasteiger partial charge in [0.2, 0.25) is 5.91 Å². The second kappa shape index (κ2) is 11.6. The van der Waals surface area contributed by atoms with Crippen LogP contribution < -0.4 is 21.1 Å². The van der Waals surface area contributed by atoms with Gasteiger partial charge in [-0.15, -0.1) is 0 Å². The molecule has 0 aromatic heterocycles. The number of nitrogens with two attached hydrogens (primary N) is 1. The summed E-state index contributed by atoms with van der Waals surface area (Å²) < 4.78 is 18.3. The lowest BCUT2D eigenvalue weighted by molar-refractivity contribution is -0.119. The molecule has 182 valence electrons. The molecular formula is C25H31FN4O4. The first-order valence-electron chi connectivity index (χ1n) is 11.4. The van der Waals surface area contributed by atoms with E-state index >= 15 is 0 Å². The number of hydrogen-bond donors (Lipinski definition) is 3. The lowest BCUT2D eigenvalue weighted by Gasteiger charge is -2.18. The molecule has 3 amide bonds. The number of ether oxygens (including phenoxy) is 1. The number of likely N-dealkylation sites (tertiary alicyclic amines) is 1. The molecule has 8 nitrogen and oxygen atoms in total. The number of benzene rings is 2. The summed E-state index contributed by atoms with van der Waals surface area (Å²) in [6.07, 6.45) is 2.28. The van der Waals surface area contributed by atoms with Gasteiger partial charge in [-0.05, 0) is 61.7 Å². The fraction of sp³-hybridized carbons (Fsp3) is 0.400. The van der Waals surface area contributed by atoms with Crippen molar-refractivity contribution in [3.05, 3.63) is 59.4 Å². The van der Waals surface area contributed by atoms with Gasteiger partial charge in [-0.25, -0.2) is 4.39 Å². The van der Waals surface area contributed by atoms with Gasteiger partial charge < -0.3 is 26.0 Å². The van der Waals surface area contributed by atoms with Crippen LogP contribution in [0.1, 0.15) is 46.9 Å². The van der Waals surface area contributed by atoms with Crippen LogP contribution in [0.15, 0.2) is 42.5 Å². The van der Waals surface area contributed by atoms with Crippen LogP contribution in [0.5, 0.6) is 5.75 Å². The molecule has 34 heavy (non-hydrogen) atoms. The smallest absolute Gasteiger partial charge is 0.254 e. The predicted molar refractivity (Wildman–Crippen MR) is 127 cm³/mol. The summed E-state index contributed by atoms with van der Waals surface area (Å²) in [5.41, 5.74) is 7.34. The first kappa shape index (κ1) is 25.2. The number of carbonyl (C=O) groups is 3. The molecule has 2 atom stereocenters. The molecule has 1 heterocycles. The summed E-state index contributed by atoms with van der Waals surface area (Å²) in [7, 11) is 1.48. The average molecular weight is 471 g/mol. The summed E-state index contributed by atoms with van der Waals surface area (Å²) in [6, 6.07) is 9.80. The summed E-state index contributed by atoms with van der Waals surface area (Å²) >= 11 is 0. The van der Waals surface area contributed by atoms with E-state index in [9.17, 15) is 18.8 Å². The zero-order chi connectivity index (χ0) is 24.7. The van der Waals surface area contributed by atoms with E-state index in [1.54, 1.807) is 30.0 Å². The predicted octanol–water partition coefficient (Wildman–Crippen LogP) is 2.79. The molecule has 1 fully saturated rings. The lowest BCUT2D eigenvalue weighted by atomic mass is 10.0. The second-order valence-electron chi connectivity index (χ2n) is 8.55. The van der Waals surface area contributed by atoms with Crippen molar-refractivity contribution in [2.45, 2.75) is 32.2 Å². The van der Waals surface area contributed by atoms with Crippen molar-refractivity contribution in [3.63, 3.8) is 0 Å². The maximum Gasteiger partial charge on any atom is 0.254 e. The SMILES string of the molecule is COc1cc(C(=O)NCC(N)CC(C)C(=O)Nc2ccc(F)cc2)cc(C(=O)N2CCCC2)c1. The number of hydrogen-bond acceptors (Lipinski definition) is 5. The Morgan fingerprint density at radius 1 is 1.09 bits per heavy atom. The number of nitrogens with zero attached hydrogens (tertiary/aromatic N) is 1. The quantitative estimate of drug-likeness (QED) is 0.522. The number of carbonyl (C=O) groups excluding carboxylic acids is 3. The Hall–Kier alpha value is -3.46. The van der Waals surface area contributed by atoms with Crippen molar-refractivity contribution in [2.75, 3.05) is 32.1 Å². The topological polar surface area (TPSA) is 114 Å². The Morgan fingerprint density at radius 3 is 2.38 bits per heavy atom. The highest BCUT2D eigenvalue weighted by Gasteiger charge is 2.22. The van der Waals surface area contributed by atoms with E-state index in [1.165, 1.54) is 31.4 Å². The Labute approximate surface area is 198 Å². The molecule has 0 radical (unpaired) electrons. The molecule has 1 aliphatic rings. The molecule has 3 rings (SSSR count). The summed E-state index contributed by atoms with van der Waals surface area (Å²) in [5, 5.41) is 5.49. The highest BCUT2D eigenvalue weighted by molar-refractivity contribution is 6.00. The second-order valence-corrected chi connectivity index (χ2v) is 8.55. The Kier molecular flexibility index (Phi) is 8.59. The van der Waals surface area contributed by atoms with Gasteiger partial charge in [0.15, 0.2) is 0 Å². The van der Waals surface area contributed by atoms with E-state index in [0.717, 1.165) is 12.8 Å². The van der Waals surface area contributed by atoms with E-state index < -0.39 is 12.0 Å². The monoisotopic (exact) mass is 470 g/mol. The van der Waals surface area contributed by atoms with Gasteiger partial charge in [0, 0.05) is 48.4 Å². The summed E-state index contributed by atoms with van der Waals surface area (Å²) in [5.74, 6) is -1.13. The van der Waals surface area contributed by atoms with Crippen molar-refractivity contribution in [1.29, 1.82) is 0 Å². The zero-order valence-electron chi connectivity index (χ0n) is 19.5. The van der Waals surface area contributed by atoms with Gasteiger partial charge >= 0.3 is 0 Å². The molecule has 9 heteroatoms. The molecule has 2 aromatic rings. The maximum atomic E-state index is 13.0. The largest absolute Gasteiger partial charge is 0.497 e. The third-order valence-corrected chi connectivity index (χ3v) is 5.79. The van der Waals surface area contributed by atoms with Crippen LogP contribution in [0.2, 0.25) is 0 Å². The van der Waals surface area contributed by atoms with Crippen LogP contribution in [-0.2, 0) is 4.79 Å². The molecule has 4 N–H and O–H groups in total. The van der Waals surface area contributed by atoms with Crippen LogP contribution in [0.4, 0.5) is 10.1 Å². The number of rotatable bonds is 9. The van der Waals surface area contributed by atoms with E-state index in [2.05, 4.69) is 10.6 Å². The fourth-order valence-electron chi connectivity index (χ4n) is 3.84. The highest BCUT2D eigenvalue weighted by atomic mass is 19.1. The lowest BCUT2D eigenvalue weighted by Crippen LogP contribution is -2.39. The number of halogens is 1. The van der Waals surface area contributed by atoms with Gasteiger partial charge in [0.1, 0.15) is 11.6 Å². The van der Waals surface area contributed by atoms with Crippen molar-refractivity contribution < 1.29 is 23.5 Å². The molecule has 2 unspecified atom stereocenters. The molecule has 1 saturated heterocycles. The molecule has 0 spiro atoms. The number of nitrogens with one attached hydrogen (secondary N) is 2. The number of methoxy groups -OCH3 is 1. The van der Waals surface area contributed by atoms with Crippen molar-refractivity contribution in [1.82, 2.24) is 10.2 Å². The Morgan fingerprint density at radius 2 is 1.74 bits per heavy atom. The van der Waals surface area contributed by atoms with Crippen molar-refractivity contribution >= 4 is 23.4 Å². The van der Waals surface area contributed by atoms with E-state index in [-0.39, 0.29) is 30.1 Å². The molecule has 0 bridgehead atoms. The molecule has 0 saturated carbocycles. The van der Waals surface area contributed by atoms with E-state index in [0.29, 0.717) is 42.1 Å². The minimum Gasteiger partial charge on any atom is -0.497 e. The number of amides is 3. The van der Waals surface area contributed by atoms with Gasteiger partial charge in [-0.1, -0.05) is 6.92 Å². The molecule has 0 aliphatic carbocycles. The standard InChI is InChI=1S/C25H31FN4O4/c1-16(23(31)29-21-7-5-19(26)6-8-21)11-20(27)15-28-24(32)17-12-18(14-22(13-17)34-2)25(33)30-9-3-4-10-30/h5-8,12-14,16,20H,3-4,9-11,15,27H2,1-2H3,(H,28,32)(H,29,31). The molecule has 2 aromatic carbocycles. The first-order valence-corrected chi connectivity index (χ1v) is 11.4. The third-order valence-electron chi connectivity index (χ3n) is 5.79. The zero-order valence-corrected chi connectivity index (χ0v) is 19.5. The van der Waals surface area contributed by atoms with Crippen LogP contribution in [-0.4, -0.2) is 55.4 Å². The van der Waals surface area contributed by atoms with Gasteiger partial charge in [-0.3, -0.25) is 14.4 Å². The van der Waals surface area contributed by atoms with Crippen LogP contribution in [0.25, 0.3) is 0 Å². The normalized spacial score (nSPS) is 14.9. The summed E-state index contributed by atoms with van der Waals surface area (Å²) in [4.78, 5) is 39.6. The van der Waals surface area contributed by atoms with Gasteiger partial charge in [0.05, 0.1) is 7.11 Å². The van der Waals surface area contributed by atoms with Crippen molar-refractivity contribution in [2.24, 2.45) is 11.7 Å². The minimum atomic E-state index is -0.464. The first-order chi connectivity index (χ1) is 16.3. The molecule has 1 aliphatic heterocycles. The fourth-order valence-corrected chi connectivity index (χ4v) is 3.84. The van der Waals surface area contributed by atoms with E-state index in [1.807, 2.05) is 0 Å². The number of anilines is 1. The summed E-state index contributed by atoms with van der Waals surface area (Å²) in [6.45, 7) is 3.30. The minimum absolute atomic E-state index is 0.122. The maximum absolute atomic E-state index is 13.0.